The number of hydrogen-bond donors (Lipinski definition) is 1. The van der Waals surface area contributed by atoms with Crippen LogP contribution < -0.4 is 5.32 Å². The van der Waals surface area contributed by atoms with E-state index in [1.54, 1.807) is 12.1 Å². The quantitative estimate of drug-likeness (QED) is 0.613. The molecule has 0 aliphatic carbocycles. The minimum absolute atomic E-state index is 0.0819. The van der Waals surface area contributed by atoms with E-state index in [1.807, 2.05) is 17.5 Å². The number of carbonyl (C=O) groups is 1. The van der Waals surface area contributed by atoms with Crippen LogP contribution in [0.3, 0.4) is 0 Å². The maximum Gasteiger partial charge on any atom is 0.230 e. The van der Waals surface area contributed by atoms with Gasteiger partial charge in [0, 0.05) is 16.0 Å². The number of hydrogen-bond acceptors (Lipinski definition) is 3. The standard InChI is InChI=1S/C20H19ClN2OS/c1-2-3-14-4-8-16(9-5-14)18-13-25-20(22-18)23-19(24)12-15-6-10-17(21)11-7-15/h4-11,13H,2-3,12H2,1H3,(H,22,23,24). The van der Waals surface area contributed by atoms with Crippen LogP contribution >= 0.6 is 22.9 Å². The summed E-state index contributed by atoms with van der Waals surface area (Å²) in [6.45, 7) is 2.17. The lowest BCUT2D eigenvalue weighted by Gasteiger charge is -2.03. The van der Waals surface area contributed by atoms with Crippen molar-refractivity contribution in [3.05, 3.63) is 70.1 Å². The maximum absolute atomic E-state index is 12.2. The fourth-order valence-electron chi connectivity index (χ4n) is 2.55. The van der Waals surface area contributed by atoms with E-state index < -0.39 is 0 Å². The summed E-state index contributed by atoms with van der Waals surface area (Å²) < 4.78 is 0. The van der Waals surface area contributed by atoms with E-state index in [9.17, 15) is 4.79 Å². The van der Waals surface area contributed by atoms with E-state index in [1.165, 1.54) is 16.9 Å². The average molecular weight is 371 g/mol. The summed E-state index contributed by atoms with van der Waals surface area (Å²) in [4.78, 5) is 16.7. The molecule has 3 nitrogen and oxygen atoms in total. The summed E-state index contributed by atoms with van der Waals surface area (Å²) in [7, 11) is 0. The number of benzene rings is 2. The molecule has 128 valence electrons. The van der Waals surface area contributed by atoms with E-state index in [4.69, 9.17) is 11.6 Å². The lowest BCUT2D eigenvalue weighted by Crippen LogP contribution is -2.14. The number of anilines is 1. The Morgan fingerprint density at radius 3 is 2.44 bits per heavy atom. The number of nitrogens with zero attached hydrogens (tertiary/aromatic N) is 1. The Morgan fingerprint density at radius 1 is 1.08 bits per heavy atom. The van der Waals surface area contributed by atoms with Gasteiger partial charge in [0.25, 0.3) is 0 Å². The molecule has 0 aliphatic heterocycles. The van der Waals surface area contributed by atoms with Gasteiger partial charge in [-0.15, -0.1) is 11.3 Å². The molecule has 0 aliphatic rings. The topological polar surface area (TPSA) is 42.0 Å². The normalized spacial score (nSPS) is 10.6. The van der Waals surface area contributed by atoms with Gasteiger partial charge in [0.15, 0.2) is 5.13 Å². The van der Waals surface area contributed by atoms with E-state index in [0.29, 0.717) is 16.6 Å². The van der Waals surface area contributed by atoms with E-state index in [-0.39, 0.29) is 5.91 Å². The number of halogens is 1. The number of nitrogens with one attached hydrogen (secondary N) is 1. The Labute approximate surface area is 156 Å². The van der Waals surface area contributed by atoms with Crippen molar-refractivity contribution in [1.29, 1.82) is 0 Å². The molecule has 1 amide bonds. The summed E-state index contributed by atoms with van der Waals surface area (Å²) >= 11 is 7.29. The Kier molecular flexibility index (Phi) is 5.84. The van der Waals surface area contributed by atoms with Crippen molar-refractivity contribution in [2.24, 2.45) is 0 Å². The number of amides is 1. The number of carbonyl (C=O) groups excluding carboxylic acids is 1. The van der Waals surface area contributed by atoms with Crippen LogP contribution in [0, 0.1) is 0 Å². The van der Waals surface area contributed by atoms with Gasteiger partial charge in [0.1, 0.15) is 0 Å². The minimum atomic E-state index is -0.0819. The first kappa shape index (κ1) is 17.6. The lowest BCUT2D eigenvalue weighted by molar-refractivity contribution is -0.115. The Balaban J connectivity index is 1.62. The average Bonchev–Trinajstić information content (AvgIpc) is 3.06. The van der Waals surface area contributed by atoms with Gasteiger partial charge in [-0.1, -0.05) is 61.3 Å². The third-order valence-electron chi connectivity index (χ3n) is 3.82. The van der Waals surface area contributed by atoms with Crippen molar-refractivity contribution in [3.63, 3.8) is 0 Å². The van der Waals surface area contributed by atoms with Gasteiger partial charge in [0.05, 0.1) is 12.1 Å². The zero-order valence-corrected chi connectivity index (χ0v) is 15.5. The van der Waals surface area contributed by atoms with Crippen LogP contribution in [0.25, 0.3) is 11.3 Å². The van der Waals surface area contributed by atoms with Crippen molar-refractivity contribution in [3.8, 4) is 11.3 Å². The van der Waals surface area contributed by atoms with Crippen LogP contribution in [-0.2, 0) is 17.6 Å². The van der Waals surface area contributed by atoms with Crippen LogP contribution in [0.2, 0.25) is 5.02 Å². The highest BCUT2D eigenvalue weighted by Gasteiger charge is 2.09. The minimum Gasteiger partial charge on any atom is -0.302 e. The summed E-state index contributed by atoms with van der Waals surface area (Å²) in [6, 6.07) is 15.7. The number of thiazole rings is 1. The first-order chi connectivity index (χ1) is 12.1. The molecule has 3 aromatic rings. The summed E-state index contributed by atoms with van der Waals surface area (Å²) in [5, 5.41) is 6.11. The predicted octanol–water partition coefficient (Wildman–Crippen LogP) is 5.60. The van der Waals surface area contributed by atoms with Gasteiger partial charge < -0.3 is 5.32 Å². The molecule has 3 rings (SSSR count). The molecule has 5 heteroatoms. The second-order valence-corrected chi connectivity index (χ2v) is 7.13. The number of aryl methyl sites for hydroxylation is 1. The smallest absolute Gasteiger partial charge is 0.230 e. The summed E-state index contributed by atoms with van der Waals surface area (Å²) in [6.07, 6.45) is 2.53. The predicted molar refractivity (Wildman–Crippen MR) is 105 cm³/mol. The molecule has 0 spiro atoms. The van der Waals surface area contributed by atoms with Gasteiger partial charge in [-0.05, 0) is 29.7 Å². The maximum atomic E-state index is 12.2. The Hall–Kier alpha value is -2.17. The monoisotopic (exact) mass is 370 g/mol. The molecule has 0 unspecified atom stereocenters. The molecule has 1 N–H and O–H groups in total. The highest BCUT2D eigenvalue weighted by Crippen LogP contribution is 2.25. The van der Waals surface area contributed by atoms with Crippen LogP contribution in [0.1, 0.15) is 24.5 Å². The number of rotatable bonds is 6. The first-order valence-electron chi connectivity index (χ1n) is 8.23. The van der Waals surface area contributed by atoms with Crippen molar-refractivity contribution in [2.75, 3.05) is 5.32 Å². The van der Waals surface area contributed by atoms with Gasteiger partial charge in [-0.3, -0.25) is 4.79 Å². The molecule has 25 heavy (non-hydrogen) atoms. The van der Waals surface area contributed by atoms with Gasteiger partial charge >= 0.3 is 0 Å². The molecule has 0 saturated carbocycles. The Bertz CT molecular complexity index is 841. The third-order valence-corrected chi connectivity index (χ3v) is 4.83. The Morgan fingerprint density at radius 2 is 1.76 bits per heavy atom. The SMILES string of the molecule is CCCc1ccc(-c2csc(NC(=O)Cc3ccc(Cl)cc3)n2)cc1. The van der Waals surface area contributed by atoms with Crippen LogP contribution in [0.5, 0.6) is 0 Å². The third kappa shape index (κ3) is 4.91. The molecule has 1 heterocycles. The van der Waals surface area contributed by atoms with Crippen molar-refractivity contribution >= 4 is 34.0 Å². The largest absolute Gasteiger partial charge is 0.302 e. The van der Waals surface area contributed by atoms with Crippen LogP contribution in [0.4, 0.5) is 5.13 Å². The molecule has 1 aromatic heterocycles. The molecular formula is C20H19ClN2OS. The molecule has 2 aromatic carbocycles. The molecule has 0 bridgehead atoms. The fourth-order valence-corrected chi connectivity index (χ4v) is 3.41. The first-order valence-corrected chi connectivity index (χ1v) is 9.49. The summed E-state index contributed by atoms with van der Waals surface area (Å²) in [5.74, 6) is -0.0819. The van der Waals surface area contributed by atoms with Gasteiger partial charge in [-0.25, -0.2) is 4.98 Å². The van der Waals surface area contributed by atoms with Crippen molar-refractivity contribution < 1.29 is 4.79 Å². The second-order valence-electron chi connectivity index (χ2n) is 5.84. The van der Waals surface area contributed by atoms with Gasteiger partial charge in [-0.2, -0.15) is 0 Å². The summed E-state index contributed by atoms with van der Waals surface area (Å²) in [5.41, 5.74) is 4.20. The van der Waals surface area contributed by atoms with Crippen molar-refractivity contribution in [2.45, 2.75) is 26.2 Å². The van der Waals surface area contributed by atoms with Crippen LogP contribution in [-0.4, -0.2) is 10.9 Å². The van der Waals surface area contributed by atoms with E-state index >= 15 is 0 Å². The highest BCUT2D eigenvalue weighted by atomic mass is 35.5. The lowest BCUT2D eigenvalue weighted by atomic mass is 10.1. The number of aromatic nitrogens is 1. The molecule has 0 saturated heterocycles. The molecular weight excluding hydrogens is 352 g/mol. The zero-order valence-electron chi connectivity index (χ0n) is 14.0. The zero-order chi connectivity index (χ0) is 17.6. The van der Waals surface area contributed by atoms with E-state index in [2.05, 4.69) is 41.5 Å². The second kappa shape index (κ2) is 8.28. The van der Waals surface area contributed by atoms with Crippen LogP contribution in [0.15, 0.2) is 53.9 Å². The van der Waals surface area contributed by atoms with Crippen molar-refractivity contribution in [1.82, 2.24) is 4.98 Å². The van der Waals surface area contributed by atoms with Gasteiger partial charge in [0.2, 0.25) is 5.91 Å². The van der Waals surface area contributed by atoms with E-state index in [0.717, 1.165) is 29.7 Å². The molecule has 0 radical (unpaired) electrons. The molecule has 0 atom stereocenters. The molecule has 0 fully saturated rings. The highest BCUT2D eigenvalue weighted by molar-refractivity contribution is 7.14. The fraction of sp³-hybridized carbons (Fsp3) is 0.200.